The van der Waals surface area contributed by atoms with Crippen LogP contribution in [0.15, 0.2) is 12.1 Å². The molecule has 0 unspecified atom stereocenters. The van der Waals surface area contributed by atoms with Gasteiger partial charge in [-0.3, -0.25) is 4.79 Å². The van der Waals surface area contributed by atoms with Gasteiger partial charge in [-0.2, -0.15) is 0 Å². The van der Waals surface area contributed by atoms with Gasteiger partial charge in [-0.15, -0.1) is 0 Å². The van der Waals surface area contributed by atoms with Gasteiger partial charge in [0.2, 0.25) is 0 Å². The highest BCUT2D eigenvalue weighted by Crippen LogP contribution is 2.33. The van der Waals surface area contributed by atoms with E-state index in [0.29, 0.717) is 12.3 Å². The summed E-state index contributed by atoms with van der Waals surface area (Å²) >= 11 is 0. The van der Waals surface area contributed by atoms with Crippen molar-refractivity contribution in [1.82, 2.24) is 0 Å². The quantitative estimate of drug-likeness (QED) is 0.750. The Kier molecular flexibility index (Phi) is 5.87. The van der Waals surface area contributed by atoms with E-state index >= 15 is 0 Å². The molecule has 0 aromatic heterocycles. The van der Waals surface area contributed by atoms with Crippen molar-refractivity contribution in [3.63, 3.8) is 0 Å². The van der Waals surface area contributed by atoms with Crippen LogP contribution < -0.4 is 9.47 Å². The second kappa shape index (κ2) is 7.17. The normalized spacial score (nSPS) is 10.6. The van der Waals surface area contributed by atoms with Gasteiger partial charge in [-0.25, -0.2) is 0 Å². The van der Waals surface area contributed by atoms with Crippen LogP contribution in [0.25, 0.3) is 0 Å². The first-order valence-electron chi connectivity index (χ1n) is 6.82. The molecular formula is C16H24O3. The Morgan fingerprint density at radius 1 is 1.26 bits per heavy atom. The SMILES string of the molecule is CCCC(=O)COc1cc(C)c(OC)cc1C(C)C. The van der Waals surface area contributed by atoms with Crippen LogP contribution in [0.1, 0.15) is 50.7 Å². The topological polar surface area (TPSA) is 35.5 Å². The molecule has 0 bridgehead atoms. The van der Waals surface area contributed by atoms with Crippen LogP contribution in [0, 0.1) is 6.92 Å². The van der Waals surface area contributed by atoms with Crippen LogP contribution in [0.2, 0.25) is 0 Å². The molecule has 19 heavy (non-hydrogen) atoms. The van der Waals surface area contributed by atoms with Crippen molar-refractivity contribution in [2.24, 2.45) is 0 Å². The average molecular weight is 264 g/mol. The molecule has 0 saturated carbocycles. The fourth-order valence-electron chi connectivity index (χ4n) is 1.98. The minimum absolute atomic E-state index is 0.144. The molecule has 0 aliphatic carbocycles. The van der Waals surface area contributed by atoms with Crippen LogP contribution >= 0.6 is 0 Å². The lowest BCUT2D eigenvalue weighted by molar-refractivity contribution is -0.121. The summed E-state index contributed by atoms with van der Waals surface area (Å²) in [5, 5.41) is 0. The van der Waals surface area contributed by atoms with Crippen LogP contribution in [0.5, 0.6) is 11.5 Å². The summed E-state index contributed by atoms with van der Waals surface area (Å²) in [5.74, 6) is 2.12. The zero-order chi connectivity index (χ0) is 14.4. The molecule has 0 spiro atoms. The first-order valence-corrected chi connectivity index (χ1v) is 6.82. The van der Waals surface area contributed by atoms with Gasteiger partial charge >= 0.3 is 0 Å². The molecular weight excluding hydrogens is 240 g/mol. The molecule has 3 nitrogen and oxygen atoms in total. The smallest absolute Gasteiger partial charge is 0.170 e. The number of Topliss-reactive ketones (excluding diaryl/α,β-unsaturated/α-hetero) is 1. The van der Waals surface area contributed by atoms with Gasteiger partial charge in [-0.1, -0.05) is 20.8 Å². The lowest BCUT2D eigenvalue weighted by Crippen LogP contribution is -2.12. The second-order valence-electron chi connectivity index (χ2n) is 5.09. The molecule has 1 aromatic rings. The minimum Gasteiger partial charge on any atom is -0.496 e. The Labute approximate surface area is 115 Å². The van der Waals surface area contributed by atoms with Gasteiger partial charge < -0.3 is 9.47 Å². The molecule has 0 aliphatic heterocycles. The Hall–Kier alpha value is -1.51. The van der Waals surface area contributed by atoms with Gasteiger partial charge in [0.25, 0.3) is 0 Å². The molecule has 0 aliphatic rings. The van der Waals surface area contributed by atoms with E-state index in [1.807, 2.05) is 26.0 Å². The summed E-state index contributed by atoms with van der Waals surface area (Å²) in [6.07, 6.45) is 1.44. The Bertz CT molecular complexity index is 436. The number of carbonyl (C=O) groups excluding carboxylic acids is 1. The zero-order valence-electron chi connectivity index (χ0n) is 12.6. The van der Waals surface area contributed by atoms with Crippen LogP contribution in [-0.4, -0.2) is 19.5 Å². The van der Waals surface area contributed by atoms with E-state index in [2.05, 4.69) is 13.8 Å². The summed E-state index contributed by atoms with van der Waals surface area (Å²) in [5.41, 5.74) is 2.09. The highest BCUT2D eigenvalue weighted by molar-refractivity contribution is 5.79. The van der Waals surface area contributed by atoms with Crippen molar-refractivity contribution in [2.45, 2.75) is 46.5 Å². The molecule has 0 N–H and O–H groups in total. The van der Waals surface area contributed by atoms with Gasteiger partial charge in [0, 0.05) is 12.0 Å². The second-order valence-corrected chi connectivity index (χ2v) is 5.09. The van der Waals surface area contributed by atoms with Crippen molar-refractivity contribution in [1.29, 1.82) is 0 Å². The maximum Gasteiger partial charge on any atom is 0.170 e. The number of methoxy groups -OCH3 is 1. The lowest BCUT2D eigenvalue weighted by atomic mass is 10.00. The van der Waals surface area contributed by atoms with Crippen molar-refractivity contribution in [3.05, 3.63) is 23.3 Å². The number of aryl methyl sites for hydroxylation is 1. The number of ketones is 1. The van der Waals surface area contributed by atoms with E-state index in [-0.39, 0.29) is 12.4 Å². The molecule has 1 aromatic carbocycles. The first-order chi connectivity index (χ1) is 8.99. The fourth-order valence-corrected chi connectivity index (χ4v) is 1.98. The third kappa shape index (κ3) is 4.27. The van der Waals surface area contributed by atoms with E-state index in [1.165, 1.54) is 0 Å². The van der Waals surface area contributed by atoms with Crippen LogP contribution in [0.3, 0.4) is 0 Å². The average Bonchev–Trinajstić information content (AvgIpc) is 2.36. The molecule has 0 amide bonds. The van der Waals surface area contributed by atoms with E-state index in [9.17, 15) is 4.79 Å². The van der Waals surface area contributed by atoms with Gasteiger partial charge in [-0.05, 0) is 37.0 Å². The van der Waals surface area contributed by atoms with Crippen molar-refractivity contribution >= 4 is 5.78 Å². The molecule has 0 saturated heterocycles. The predicted molar refractivity (Wildman–Crippen MR) is 77.2 cm³/mol. The molecule has 0 heterocycles. The lowest BCUT2D eigenvalue weighted by Gasteiger charge is -2.16. The van der Waals surface area contributed by atoms with E-state index in [1.54, 1.807) is 7.11 Å². The highest BCUT2D eigenvalue weighted by atomic mass is 16.5. The maximum atomic E-state index is 11.6. The number of hydrogen-bond acceptors (Lipinski definition) is 3. The molecule has 0 atom stereocenters. The first kappa shape index (κ1) is 15.5. The highest BCUT2D eigenvalue weighted by Gasteiger charge is 2.13. The van der Waals surface area contributed by atoms with Gasteiger partial charge in [0.15, 0.2) is 5.78 Å². The number of rotatable bonds is 7. The zero-order valence-corrected chi connectivity index (χ0v) is 12.6. The third-order valence-electron chi connectivity index (χ3n) is 3.07. The summed E-state index contributed by atoms with van der Waals surface area (Å²) in [6, 6.07) is 3.95. The Morgan fingerprint density at radius 3 is 2.47 bits per heavy atom. The van der Waals surface area contributed by atoms with E-state index in [4.69, 9.17) is 9.47 Å². The maximum absolute atomic E-state index is 11.6. The van der Waals surface area contributed by atoms with Crippen LogP contribution in [0.4, 0.5) is 0 Å². The Balaban J connectivity index is 2.92. The summed E-state index contributed by atoms with van der Waals surface area (Å²) < 4.78 is 11.0. The van der Waals surface area contributed by atoms with Gasteiger partial charge in [0.05, 0.1) is 7.11 Å². The third-order valence-corrected chi connectivity index (χ3v) is 3.07. The van der Waals surface area contributed by atoms with E-state index in [0.717, 1.165) is 29.0 Å². The molecule has 106 valence electrons. The Morgan fingerprint density at radius 2 is 1.95 bits per heavy atom. The monoisotopic (exact) mass is 264 g/mol. The molecule has 1 rings (SSSR count). The van der Waals surface area contributed by atoms with Crippen molar-refractivity contribution in [2.75, 3.05) is 13.7 Å². The number of carbonyl (C=O) groups is 1. The minimum atomic E-state index is 0.144. The number of hydrogen-bond donors (Lipinski definition) is 0. The molecule has 3 heteroatoms. The summed E-state index contributed by atoms with van der Waals surface area (Å²) in [6.45, 7) is 8.33. The van der Waals surface area contributed by atoms with Crippen molar-refractivity contribution < 1.29 is 14.3 Å². The molecule has 0 radical (unpaired) electrons. The van der Waals surface area contributed by atoms with Crippen LogP contribution in [-0.2, 0) is 4.79 Å². The molecule has 0 fully saturated rings. The predicted octanol–water partition coefficient (Wildman–Crippen LogP) is 3.88. The summed E-state index contributed by atoms with van der Waals surface area (Å²) in [4.78, 5) is 11.6. The standard InChI is InChI=1S/C16H24O3/c1-6-7-13(17)10-19-16-8-12(4)15(18-5)9-14(16)11(2)3/h8-9,11H,6-7,10H2,1-5H3. The largest absolute Gasteiger partial charge is 0.496 e. The number of benzene rings is 1. The van der Waals surface area contributed by atoms with Gasteiger partial charge in [0.1, 0.15) is 18.1 Å². The number of ether oxygens (including phenoxy) is 2. The summed E-state index contributed by atoms with van der Waals surface area (Å²) in [7, 11) is 1.66. The fraction of sp³-hybridized carbons (Fsp3) is 0.562. The van der Waals surface area contributed by atoms with Crippen molar-refractivity contribution in [3.8, 4) is 11.5 Å². The van der Waals surface area contributed by atoms with E-state index < -0.39 is 0 Å².